The van der Waals surface area contributed by atoms with Crippen LogP contribution < -0.4 is 5.32 Å². The summed E-state index contributed by atoms with van der Waals surface area (Å²) in [4.78, 5) is 5.71. The lowest BCUT2D eigenvalue weighted by atomic mass is 10.2. The Kier molecular flexibility index (Phi) is 3.73. The van der Waals surface area contributed by atoms with E-state index < -0.39 is 0 Å². The fourth-order valence-corrected chi connectivity index (χ4v) is 3.34. The molecule has 0 aliphatic carbocycles. The summed E-state index contributed by atoms with van der Waals surface area (Å²) in [5.74, 6) is 1.54. The van der Waals surface area contributed by atoms with Crippen LogP contribution in [-0.4, -0.2) is 41.8 Å². The second-order valence-electron chi connectivity index (χ2n) is 4.76. The number of fused-ring (bicyclic) bond motifs is 1. The third-order valence-electron chi connectivity index (χ3n) is 3.51. The van der Waals surface area contributed by atoms with Crippen LogP contribution in [0.1, 0.15) is 18.0 Å². The predicted octanol–water partition coefficient (Wildman–Crippen LogP) is 2.29. The van der Waals surface area contributed by atoms with Gasteiger partial charge in [0.05, 0.1) is 4.88 Å². The van der Waals surface area contributed by atoms with Crippen LogP contribution in [0.3, 0.4) is 0 Å². The van der Waals surface area contributed by atoms with Crippen LogP contribution in [0.25, 0.3) is 10.7 Å². The summed E-state index contributed by atoms with van der Waals surface area (Å²) in [7, 11) is 3.30. The molecular weight excluding hydrogens is 276 g/mol. The molecule has 1 N–H and O–H groups in total. The largest absolute Gasteiger partial charge is 0.354 e. The molecule has 0 aromatic carbocycles. The van der Waals surface area contributed by atoms with Crippen molar-refractivity contribution in [3.63, 3.8) is 0 Å². The zero-order valence-electron chi connectivity index (χ0n) is 11.8. The Bertz CT molecular complexity index is 591. The number of aryl methyl sites for hydroxylation is 1. The fourth-order valence-electron chi connectivity index (χ4n) is 2.49. The van der Waals surface area contributed by atoms with Gasteiger partial charge in [0.1, 0.15) is 6.04 Å². The fraction of sp³-hybridized carbons (Fsp3) is 0.538. The molecule has 2 aromatic rings. The Morgan fingerprint density at radius 2 is 2.25 bits per heavy atom. The van der Waals surface area contributed by atoms with Gasteiger partial charge in [0.25, 0.3) is 0 Å². The third kappa shape index (κ3) is 2.21. The van der Waals surface area contributed by atoms with Gasteiger partial charge in [0.15, 0.2) is 12.1 Å². The van der Waals surface area contributed by atoms with Gasteiger partial charge in [-0.25, -0.2) is 4.68 Å². The second kappa shape index (κ2) is 5.51. The van der Waals surface area contributed by atoms with E-state index >= 15 is 0 Å². The van der Waals surface area contributed by atoms with Gasteiger partial charge in [0.2, 0.25) is 5.95 Å². The van der Waals surface area contributed by atoms with Gasteiger partial charge in [0, 0.05) is 20.8 Å². The summed E-state index contributed by atoms with van der Waals surface area (Å²) in [6, 6.07) is 2.13. The molecule has 0 spiro atoms. The molecule has 3 rings (SSSR count). The normalized spacial score (nSPS) is 18.1. The smallest absolute Gasteiger partial charge is 0.222 e. The van der Waals surface area contributed by atoms with Crippen molar-refractivity contribution in [1.82, 2.24) is 14.8 Å². The lowest BCUT2D eigenvalue weighted by Gasteiger charge is -2.29. The minimum absolute atomic E-state index is 0.0442. The minimum Gasteiger partial charge on any atom is -0.354 e. The predicted molar refractivity (Wildman–Crippen MR) is 78.0 cm³/mol. The van der Waals surface area contributed by atoms with Gasteiger partial charge in [-0.05, 0) is 30.4 Å². The highest BCUT2D eigenvalue weighted by atomic mass is 32.1. The Labute approximate surface area is 121 Å². The van der Waals surface area contributed by atoms with Crippen LogP contribution in [-0.2, 0) is 9.47 Å². The molecule has 1 unspecified atom stereocenters. The van der Waals surface area contributed by atoms with Crippen molar-refractivity contribution >= 4 is 17.3 Å². The van der Waals surface area contributed by atoms with Gasteiger partial charge >= 0.3 is 0 Å². The van der Waals surface area contributed by atoms with E-state index in [-0.39, 0.29) is 12.3 Å². The highest BCUT2D eigenvalue weighted by molar-refractivity contribution is 7.13. The van der Waals surface area contributed by atoms with Crippen molar-refractivity contribution in [1.29, 1.82) is 0 Å². The summed E-state index contributed by atoms with van der Waals surface area (Å²) >= 11 is 1.66. The molecule has 0 radical (unpaired) electrons. The number of methoxy groups -OCH3 is 2. The first-order valence-corrected chi connectivity index (χ1v) is 7.43. The average molecular weight is 294 g/mol. The molecule has 1 aliphatic heterocycles. The molecule has 1 atom stereocenters. The SMILES string of the molecule is COC(OC)C1CCNc2nc(-c3sccc3C)nn21. The molecule has 0 amide bonds. The van der Waals surface area contributed by atoms with E-state index in [2.05, 4.69) is 33.8 Å². The van der Waals surface area contributed by atoms with Crippen LogP contribution in [0.5, 0.6) is 0 Å². The van der Waals surface area contributed by atoms with Crippen LogP contribution in [0.4, 0.5) is 5.95 Å². The number of nitrogens with one attached hydrogen (secondary N) is 1. The topological polar surface area (TPSA) is 61.2 Å². The summed E-state index contributed by atoms with van der Waals surface area (Å²) in [6.07, 6.45) is 0.584. The lowest BCUT2D eigenvalue weighted by Crippen LogP contribution is -2.34. The van der Waals surface area contributed by atoms with E-state index in [1.807, 2.05) is 4.68 Å². The van der Waals surface area contributed by atoms with E-state index in [9.17, 15) is 0 Å². The Balaban J connectivity index is 1.98. The number of rotatable bonds is 4. The van der Waals surface area contributed by atoms with Crippen molar-refractivity contribution in [3.8, 4) is 10.7 Å². The first-order valence-electron chi connectivity index (χ1n) is 6.55. The number of hydrogen-bond acceptors (Lipinski definition) is 6. The number of thiophene rings is 1. The first kappa shape index (κ1) is 13.5. The number of anilines is 1. The lowest BCUT2D eigenvalue weighted by molar-refractivity contribution is -0.135. The Morgan fingerprint density at radius 3 is 2.90 bits per heavy atom. The van der Waals surface area contributed by atoms with Gasteiger partial charge in [-0.1, -0.05) is 0 Å². The Hall–Kier alpha value is -1.44. The highest BCUT2D eigenvalue weighted by Gasteiger charge is 2.30. The van der Waals surface area contributed by atoms with Crippen molar-refractivity contribution in [2.45, 2.75) is 25.7 Å². The molecular formula is C13H18N4O2S. The van der Waals surface area contributed by atoms with Crippen molar-refractivity contribution in [2.24, 2.45) is 0 Å². The maximum absolute atomic E-state index is 5.38. The molecule has 0 bridgehead atoms. The van der Waals surface area contributed by atoms with Gasteiger partial charge in [-0.3, -0.25) is 0 Å². The molecule has 2 aromatic heterocycles. The summed E-state index contributed by atoms with van der Waals surface area (Å²) < 4.78 is 12.7. The number of nitrogens with zero attached hydrogens (tertiary/aromatic N) is 3. The van der Waals surface area contributed by atoms with Gasteiger partial charge in [-0.15, -0.1) is 16.4 Å². The molecule has 0 saturated carbocycles. The summed E-state index contributed by atoms with van der Waals surface area (Å²) in [5, 5.41) is 9.98. The average Bonchev–Trinajstić information content (AvgIpc) is 3.06. The number of ether oxygens (including phenoxy) is 2. The van der Waals surface area contributed by atoms with Crippen LogP contribution in [0.2, 0.25) is 0 Å². The van der Waals surface area contributed by atoms with Crippen LogP contribution in [0.15, 0.2) is 11.4 Å². The standard InChI is InChI=1S/C13H18N4O2S/c1-8-5-7-20-10(8)11-15-13-14-6-4-9(17(13)16-11)12(18-2)19-3/h5,7,9,12H,4,6H2,1-3H3,(H,14,15,16). The van der Waals surface area contributed by atoms with Gasteiger partial charge in [-0.2, -0.15) is 4.98 Å². The van der Waals surface area contributed by atoms with E-state index in [1.54, 1.807) is 25.6 Å². The molecule has 0 fully saturated rings. The molecule has 0 saturated heterocycles. The van der Waals surface area contributed by atoms with Crippen molar-refractivity contribution in [2.75, 3.05) is 26.1 Å². The molecule has 7 heteroatoms. The van der Waals surface area contributed by atoms with E-state index in [0.29, 0.717) is 0 Å². The van der Waals surface area contributed by atoms with E-state index in [4.69, 9.17) is 9.47 Å². The van der Waals surface area contributed by atoms with E-state index in [1.165, 1.54) is 5.56 Å². The van der Waals surface area contributed by atoms with Crippen molar-refractivity contribution in [3.05, 3.63) is 17.0 Å². The van der Waals surface area contributed by atoms with E-state index in [0.717, 1.165) is 29.6 Å². The quantitative estimate of drug-likeness (QED) is 0.877. The Morgan fingerprint density at radius 1 is 1.45 bits per heavy atom. The first-order chi connectivity index (χ1) is 9.74. The third-order valence-corrected chi connectivity index (χ3v) is 4.53. The van der Waals surface area contributed by atoms with Gasteiger partial charge < -0.3 is 14.8 Å². The summed E-state index contributed by atoms with van der Waals surface area (Å²) in [5.41, 5.74) is 1.20. The van der Waals surface area contributed by atoms with Crippen LogP contribution >= 0.6 is 11.3 Å². The number of hydrogen-bond donors (Lipinski definition) is 1. The molecule has 3 heterocycles. The molecule has 108 valence electrons. The highest BCUT2D eigenvalue weighted by Crippen LogP contribution is 2.32. The second-order valence-corrected chi connectivity index (χ2v) is 5.68. The molecule has 6 nitrogen and oxygen atoms in total. The zero-order valence-corrected chi connectivity index (χ0v) is 12.6. The molecule has 20 heavy (non-hydrogen) atoms. The maximum Gasteiger partial charge on any atom is 0.222 e. The van der Waals surface area contributed by atoms with Crippen LogP contribution in [0, 0.1) is 6.92 Å². The maximum atomic E-state index is 5.38. The molecule has 1 aliphatic rings. The summed E-state index contributed by atoms with van der Waals surface area (Å²) in [6.45, 7) is 2.92. The van der Waals surface area contributed by atoms with Crippen molar-refractivity contribution < 1.29 is 9.47 Å². The minimum atomic E-state index is -0.310. The number of aromatic nitrogens is 3. The monoisotopic (exact) mass is 294 g/mol. The zero-order chi connectivity index (χ0) is 14.1.